The molecule has 0 aliphatic carbocycles. The smallest absolute Gasteiger partial charge is 0.0535 e. The van der Waals surface area contributed by atoms with Gasteiger partial charge in [0, 0.05) is 17.8 Å². The van der Waals surface area contributed by atoms with Crippen LogP contribution in [0, 0.1) is 0 Å². The standard InChI is InChI=1S/C7H11N3.2ClH/c1-2-7(8-3-1)6-4-9-10-5-6;;/h4-5,7-8H,1-3H2,(H,9,10);2*1H. The summed E-state index contributed by atoms with van der Waals surface area (Å²) in [6.07, 6.45) is 6.39. The van der Waals surface area contributed by atoms with Crippen LogP contribution in [0.15, 0.2) is 12.4 Å². The van der Waals surface area contributed by atoms with Gasteiger partial charge in [0.25, 0.3) is 0 Å². The van der Waals surface area contributed by atoms with Crippen LogP contribution in [-0.4, -0.2) is 16.7 Å². The van der Waals surface area contributed by atoms with Crippen molar-refractivity contribution in [2.75, 3.05) is 6.54 Å². The second kappa shape index (κ2) is 5.41. The lowest BCUT2D eigenvalue weighted by Gasteiger charge is -2.04. The van der Waals surface area contributed by atoms with Gasteiger partial charge in [-0.1, -0.05) is 0 Å². The highest BCUT2D eigenvalue weighted by atomic mass is 35.5. The number of nitrogens with one attached hydrogen (secondary N) is 2. The molecule has 2 heterocycles. The van der Waals surface area contributed by atoms with Crippen molar-refractivity contribution in [1.82, 2.24) is 15.5 Å². The topological polar surface area (TPSA) is 40.7 Å². The molecule has 1 unspecified atom stereocenters. The predicted octanol–water partition coefficient (Wildman–Crippen LogP) is 1.68. The summed E-state index contributed by atoms with van der Waals surface area (Å²) in [6.45, 7) is 1.15. The number of aromatic nitrogens is 2. The lowest BCUT2D eigenvalue weighted by atomic mass is 10.1. The van der Waals surface area contributed by atoms with Gasteiger partial charge in [0.05, 0.1) is 6.20 Å². The van der Waals surface area contributed by atoms with Crippen molar-refractivity contribution < 1.29 is 0 Å². The molecule has 1 aromatic heterocycles. The van der Waals surface area contributed by atoms with Gasteiger partial charge in [0.1, 0.15) is 0 Å². The molecule has 1 aromatic rings. The van der Waals surface area contributed by atoms with Gasteiger partial charge in [-0.15, -0.1) is 24.8 Å². The zero-order valence-electron chi connectivity index (χ0n) is 6.62. The maximum absolute atomic E-state index is 3.90. The van der Waals surface area contributed by atoms with Crippen LogP contribution in [0.2, 0.25) is 0 Å². The van der Waals surface area contributed by atoms with Gasteiger partial charge >= 0.3 is 0 Å². The maximum atomic E-state index is 3.90. The van der Waals surface area contributed by atoms with Crippen molar-refractivity contribution in [2.24, 2.45) is 0 Å². The molecular weight excluding hydrogens is 197 g/mol. The van der Waals surface area contributed by atoms with Crippen LogP contribution in [0.4, 0.5) is 0 Å². The van der Waals surface area contributed by atoms with Crippen LogP contribution in [0.1, 0.15) is 24.4 Å². The molecule has 1 atom stereocenters. The summed E-state index contributed by atoms with van der Waals surface area (Å²) < 4.78 is 0. The summed E-state index contributed by atoms with van der Waals surface area (Å²) in [7, 11) is 0. The summed E-state index contributed by atoms with van der Waals surface area (Å²) in [4.78, 5) is 0. The Kier molecular flexibility index (Phi) is 5.29. The molecule has 1 fully saturated rings. The Morgan fingerprint density at radius 2 is 2.25 bits per heavy atom. The van der Waals surface area contributed by atoms with E-state index in [1.54, 1.807) is 0 Å². The summed E-state index contributed by atoms with van der Waals surface area (Å²) in [5.74, 6) is 0. The molecule has 0 bridgehead atoms. The number of rotatable bonds is 1. The van der Waals surface area contributed by atoms with Crippen molar-refractivity contribution in [1.29, 1.82) is 0 Å². The monoisotopic (exact) mass is 209 g/mol. The quantitative estimate of drug-likeness (QED) is 0.740. The molecule has 12 heavy (non-hydrogen) atoms. The Balaban J connectivity index is 0.000000605. The third-order valence-corrected chi connectivity index (χ3v) is 1.98. The van der Waals surface area contributed by atoms with Gasteiger partial charge in [-0.05, 0) is 19.4 Å². The van der Waals surface area contributed by atoms with Crippen LogP contribution < -0.4 is 5.32 Å². The Morgan fingerprint density at radius 3 is 2.75 bits per heavy atom. The Hall–Kier alpha value is -0.250. The number of hydrogen-bond donors (Lipinski definition) is 2. The summed E-state index contributed by atoms with van der Waals surface area (Å²) in [5.41, 5.74) is 1.29. The van der Waals surface area contributed by atoms with E-state index in [4.69, 9.17) is 0 Å². The second-order valence-electron chi connectivity index (χ2n) is 2.68. The highest BCUT2D eigenvalue weighted by Crippen LogP contribution is 2.20. The minimum absolute atomic E-state index is 0. The summed E-state index contributed by atoms with van der Waals surface area (Å²) in [5, 5.41) is 10.1. The predicted molar refractivity (Wildman–Crippen MR) is 53.1 cm³/mol. The molecule has 1 aliphatic heterocycles. The first-order valence-corrected chi connectivity index (χ1v) is 3.69. The van der Waals surface area contributed by atoms with Gasteiger partial charge in [-0.3, -0.25) is 5.10 Å². The number of H-pyrrole nitrogens is 1. The van der Waals surface area contributed by atoms with Gasteiger partial charge in [0.2, 0.25) is 0 Å². The largest absolute Gasteiger partial charge is 0.310 e. The fraction of sp³-hybridized carbons (Fsp3) is 0.571. The molecule has 0 aromatic carbocycles. The fourth-order valence-corrected chi connectivity index (χ4v) is 1.42. The Labute approximate surface area is 84.1 Å². The van der Waals surface area contributed by atoms with Crippen molar-refractivity contribution in [2.45, 2.75) is 18.9 Å². The average molecular weight is 210 g/mol. The molecule has 0 saturated carbocycles. The minimum Gasteiger partial charge on any atom is -0.310 e. The van der Waals surface area contributed by atoms with E-state index in [-0.39, 0.29) is 24.8 Å². The average Bonchev–Trinajstić information content (AvgIpc) is 2.59. The van der Waals surface area contributed by atoms with E-state index < -0.39 is 0 Å². The lowest BCUT2D eigenvalue weighted by molar-refractivity contribution is 0.648. The zero-order chi connectivity index (χ0) is 6.81. The fourth-order valence-electron chi connectivity index (χ4n) is 1.42. The third kappa shape index (κ3) is 2.37. The van der Waals surface area contributed by atoms with Crippen molar-refractivity contribution in [3.8, 4) is 0 Å². The van der Waals surface area contributed by atoms with Crippen molar-refractivity contribution >= 4 is 24.8 Å². The highest BCUT2D eigenvalue weighted by Gasteiger charge is 2.15. The molecule has 1 aliphatic rings. The molecular formula is C7H13Cl2N3. The van der Waals surface area contributed by atoms with Gasteiger partial charge < -0.3 is 5.32 Å². The van der Waals surface area contributed by atoms with E-state index >= 15 is 0 Å². The maximum Gasteiger partial charge on any atom is 0.0535 e. The molecule has 0 spiro atoms. The van der Waals surface area contributed by atoms with E-state index in [0.29, 0.717) is 6.04 Å². The minimum atomic E-state index is 0. The first-order valence-electron chi connectivity index (χ1n) is 3.69. The first-order chi connectivity index (χ1) is 4.97. The normalized spacial score (nSPS) is 21.2. The van der Waals surface area contributed by atoms with Crippen LogP contribution in [0.25, 0.3) is 0 Å². The van der Waals surface area contributed by atoms with Gasteiger partial charge in [0.15, 0.2) is 0 Å². The Bertz CT molecular complexity index is 194. The van der Waals surface area contributed by atoms with Gasteiger partial charge in [-0.2, -0.15) is 5.10 Å². The van der Waals surface area contributed by atoms with Crippen LogP contribution >= 0.6 is 24.8 Å². The first kappa shape index (κ1) is 11.8. The SMILES string of the molecule is Cl.Cl.c1n[nH]cc1C1CCCN1. The van der Waals surface area contributed by atoms with Crippen LogP contribution in [0.5, 0.6) is 0 Å². The lowest BCUT2D eigenvalue weighted by Crippen LogP contribution is -2.11. The van der Waals surface area contributed by atoms with Crippen LogP contribution in [-0.2, 0) is 0 Å². The van der Waals surface area contributed by atoms with Crippen molar-refractivity contribution in [3.05, 3.63) is 18.0 Å². The highest BCUT2D eigenvalue weighted by molar-refractivity contribution is 5.85. The van der Waals surface area contributed by atoms with E-state index in [9.17, 15) is 0 Å². The van der Waals surface area contributed by atoms with E-state index in [1.807, 2.05) is 12.4 Å². The number of aromatic amines is 1. The second-order valence-corrected chi connectivity index (χ2v) is 2.68. The zero-order valence-corrected chi connectivity index (χ0v) is 8.25. The molecule has 1 saturated heterocycles. The number of hydrogen-bond acceptors (Lipinski definition) is 2. The number of nitrogens with zero attached hydrogens (tertiary/aromatic N) is 1. The van der Waals surface area contributed by atoms with E-state index in [0.717, 1.165) is 6.54 Å². The van der Waals surface area contributed by atoms with E-state index in [2.05, 4.69) is 15.5 Å². The Morgan fingerprint density at radius 1 is 1.42 bits per heavy atom. The van der Waals surface area contributed by atoms with Gasteiger partial charge in [-0.25, -0.2) is 0 Å². The molecule has 3 nitrogen and oxygen atoms in total. The third-order valence-electron chi connectivity index (χ3n) is 1.98. The molecule has 70 valence electrons. The molecule has 5 heteroatoms. The molecule has 2 rings (SSSR count). The summed E-state index contributed by atoms with van der Waals surface area (Å²) in [6, 6.07) is 0.554. The number of halogens is 2. The van der Waals surface area contributed by atoms with Crippen LogP contribution in [0.3, 0.4) is 0 Å². The molecule has 0 amide bonds. The van der Waals surface area contributed by atoms with E-state index in [1.165, 1.54) is 18.4 Å². The van der Waals surface area contributed by atoms with Crippen molar-refractivity contribution in [3.63, 3.8) is 0 Å². The summed E-state index contributed by atoms with van der Waals surface area (Å²) >= 11 is 0. The molecule has 2 N–H and O–H groups in total. The molecule has 0 radical (unpaired) electrons.